The number of aryl methyl sites for hydroxylation is 2. The van der Waals surface area contributed by atoms with Crippen LogP contribution in [0.1, 0.15) is 283 Å². The van der Waals surface area contributed by atoms with Gasteiger partial charge >= 0.3 is 0 Å². The van der Waals surface area contributed by atoms with Crippen LogP contribution in [0.15, 0.2) is 10.8 Å². The Bertz CT molecular complexity index is 1450. The van der Waals surface area contributed by atoms with Crippen LogP contribution in [0.4, 0.5) is 0 Å². The Morgan fingerprint density at radius 3 is 0.817 bits per heavy atom. The first-order valence-electron chi connectivity index (χ1n) is 27.0. The van der Waals surface area contributed by atoms with Gasteiger partial charge in [0.15, 0.2) is 0 Å². The van der Waals surface area contributed by atoms with Gasteiger partial charge in [-0.3, -0.25) is 0 Å². The molecule has 0 aliphatic rings. The van der Waals surface area contributed by atoms with E-state index in [0.717, 1.165) is 11.8 Å². The fourth-order valence-corrected chi connectivity index (χ4v) is 15.9. The van der Waals surface area contributed by atoms with E-state index >= 15 is 0 Å². The highest BCUT2D eigenvalue weighted by atomic mass is 32.1. The van der Waals surface area contributed by atoms with Crippen molar-refractivity contribution in [1.82, 2.24) is 0 Å². The molecule has 4 rings (SSSR count). The molecule has 0 amide bonds. The van der Waals surface area contributed by atoms with E-state index in [4.69, 9.17) is 0 Å². The lowest BCUT2D eigenvalue weighted by atomic mass is 9.89. The topological polar surface area (TPSA) is 0 Å². The number of rotatable bonds is 42. The van der Waals surface area contributed by atoms with Gasteiger partial charge in [-0.1, -0.05) is 259 Å². The van der Waals surface area contributed by atoms with Crippen LogP contribution in [0.25, 0.3) is 28.2 Å². The lowest BCUT2D eigenvalue weighted by Gasteiger charge is -2.17. The second-order valence-electron chi connectivity index (χ2n) is 19.6. The first kappa shape index (κ1) is 52.2. The molecule has 4 heteroatoms. The zero-order valence-corrected chi connectivity index (χ0v) is 43.5. The second kappa shape index (κ2) is 34.0. The van der Waals surface area contributed by atoms with Crippen LogP contribution < -0.4 is 0 Å². The van der Waals surface area contributed by atoms with Gasteiger partial charge in [-0.15, -0.1) is 45.3 Å². The molecule has 0 spiro atoms. The Morgan fingerprint density at radius 1 is 0.283 bits per heavy atom. The van der Waals surface area contributed by atoms with Crippen LogP contribution >= 0.6 is 45.3 Å². The van der Waals surface area contributed by atoms with Crippen LogP contribution in [-0.2, 0) is 12.8 Å². The van der Waals surface area contributed by atoms with Crippen molar-refractivity contribution in [2.45, 2.75) is 285 Å². The van der Waals surface area contributed by atoms with Crippen molar-refractivity contribution in [3.8, 4) is 0 Å². The predicted octanol–water partition coefficient (Wildman–Crippen LogP) is 22.6. The molecule has 0 aromatic carbocycles. The molecule has 344 valence electrons. The Morgan fingerprint density at radius 2 is 0.533 bits per heavy atom. The number of thiophene rings is 4. The van der Waals surface area contributed by atoms with Gasteiger partial charge in [0.2, 0.25) is 0 Å². The standard InChI is InChI=1S/C56H96S4/c1-5-9-13-17-21-23-27-31-39-47(37-29-25-19-15-11-7-3)41-33-35-43-49-45-57-53-51(49)59-56-54-52(60-55(53)56)50(46-58-54)44-36-34-42-48(38-30-26-20-16-12-8-4)40-32-28-24-22-18-14-10-6-2/h45-48H,5-44H2,1-4H3. The van der Waals surface area contributed by atoms with Crippen molar-refractivity contribution in [3.63, 3.8) is 0 Å². The van der Waals surface area contributed by atoms with Gasteiger partial charge in [-0.05, 0) is 59.4 Å². The minimum Gasteiger partial charge on any atom is -0.141 e. The van der Waals surface area contributed by atoms with Gasteiger partial charge in [0.25, 0.3) is 0 Å². The Labute approximate surface area is 389 Å². The predicted molar refractivity (Wildman–Crippen MR) is 283 cm³/mol. The van der Waals surface area contributed by atoms with Crippen molar-refractivity contribution in [3.05, 3.63) is 21.9 Å². The summed E-state index contributed by atoms with van der Waals surface area (Å²) in [5.74, 6) is 1.94. The molecule has 4 heterocycles. The first-order valence-corrected chi connectivity index (χ1v) is 30.4. The van der Waals surface area contributed by atoms with Gasteiger partial charge in [0.05, 0.1) is 28.2 Å². The van der Waals surface area contributed by atoms with Crippen LogP contribution in [0.2, 0.25) is 0 Å². The fraction of sp³-hybridized carbons (Fsp3) is 0.821. The van der Waals surface area contributed by atoms with Gasteiger partial charge in [-0.2, -0.15) is 0 Å². The third-order valence-electron chi connectivity index (χ3n) is 14.1. The summed E-state index contributed by atoms with van der Waals surface area (Å²) in [5, 5.41) is 5.08. The van der Waals surface area contributed by atoms with E-state index in [2.05, 4.69) is 83.8 Å². The maximum Gasteiger partial charge on any atom is 0.0650 e. The normalized spacial score (nSPS) is 13.2. The average molecular weight is 898 g/mol. The van der Waals surface area contributed by atoms with Crippen molar-refractivity contribution in [1.29, 1.82) is 0 Å². The summed E-state index contributed by atoms with van der Waals surface area (Å²) in [6.07, 6.45) is 57.5. The summed E-state index contributed by atoms with van der Waals surface area (Å²) in [6, 6.07) is 0. The van der Waals surface area contributed by atoms with Crippen LogP contribution in [0.3, 0.4) is 0 Å². The monoisotopic (exact) mass is 897 g/mol. The fourth-order valence-electron chi connectivity index (χ4n) is 10.2. The molecular formula is C56H96S4. The molecule has 0 saturated carbocycles. The summed E-state index contributed by atoms with van der Waals surface area (Å²) in [6.45, 7) is 9.34. The summed E-state index contributed by atoms with van der Waals surface area (Å²) < 4.78 is 9.71. The Balaban J connectivity index is 1.22. The third-order valence-corrected chi connectivity index (χ3v) is 19.4. The van der Waals surface area contributed by atoms with Crippen molar-refractivity contribution < 1.29 is 0 Å². The summed E-state index contributed by atoms with van der Waals surface area (Å²) >= 11 is 8.39. The van der Waals surface area contributed by atoms with Crippen LogP contribution in [0, 0.1) is 11.8 Å². The van der Waals surface area contributed by atoms with E-state index in [1.54, 1.807) is 39.3 Å². The van der Waals surface area contributed by atoms with Crippen molar-refractivity contribution in [2.75, 3.05) is 0 Å². The molecule has 2 atom stereocenters. The summed E-state index contributed by atoms with van der Waals surface area (Å²) in [4.78, 5) is 0. The second-order valence-corrected chi connectivity index (χ2v) is 23.4. The number of hydrogen-bond donors (Lipinski definition) is 0. The Hall–Kier alpha value is -0.420. The molecule has 4 aromatic heterocycles. The zero-order valence-electron chi connectivity index (χ0n) is 40.2. The minimum atomic E-state index is 0.971. The van der Waals surface area contributed by atoms with Gasteiger partial charge in [0, 0.05) is 0 Å². The molecule has 4 aromatic rings. The first-order chi connectivity index (χ1) is 29.7. The van der Waals surface area contributed by atoms with E-state index < -0.39 is 0 Å². The highest BCUT2D eigenvalue weighted by Gasteiger charge is 2.20. The third kappa shape index (κ3) is 20.2. The van der Waals surface area contributed by atoms with Crippen molar-refractivity contribution >= 4 is 73.5 Å². The summed E-state index contributed by atoms with van der Waals surface area (Å²) in [7, 11) is 0. The molecule has 0 nitrogen and oxygen atoms in total. The highest BCUT2D eigenvalue weighted by molar-refractivity contribution is 7.44. The molecule has 0 aliphatic carbocycles. The van der Waals surface area contributed by atoms with Gasteiger partial charge in [-0.25, -0.2) is 0 Å². The molecule has 2 unspecified atom stereocenters. The lowest BCUT2D eigenvalue weighted by Crippen LogP contribution is -2.02. The van der Waals surface area contributed by atoms with E-state index in [0.29, 0.717) is 0 Å². The van der Waals surface area contributed by atoms with Crippen molar-refractivity contribution in [2.24, 2.45) is 11.8 Å². The molecule has 0 bridgehead atoms. The highest BCUT2D eigenvalue weighted by Crippen LogP contribution is 2.50. The quantitative estimate of drug-likeness (QED) is 0.0389. The summed E-state index contributed by atoms with van der Waals surface area (Å²) in [5.41, 5.74) is 3.32. The van der Waals surface area contributed by atoms with E-state index in [9.17, 15) is 0 Å². The molecule has 0 saturated heterocycles. The molecule has 0 aliphatic heterocycles. The zero-order chi connectivity index (χ0) is 42.3. The largest absolute Gasteiger partial charge is 0.141 e. The molecular weight excluding hydrogens is 801 g/mol. The minimum absolute atomic E-state index is 0.971. The van der Waals surface area contributed by atoms with Gasteiger partial charge < -0.3 is 0 Å². The van der Waals surface area contributed by atoms with E-state index in [-0.39, 0.29) is 0 Å². The molecule has 60 heavy (non-hydrogen) atoms. The van der Waals surface area contributed by atoms with E-state index in [1.807, 2.05) is 0 Å². The number of unbranched alkanes of at least 4 members (excludes halogenated alkanes) is 26. The number of hydrogen-bond acceptors (Lipinski definition) is 4. The van der Waals surface area contributed by atoms with Crippen LogP contribution in [-0.4, -0.2) is 0 Å². The van der Waals surface area contributed by atoms with E-state index in [1.165, 1.54) is 257 Å². The molecule has 0 N–H and O–H groups in total. The van der Waals surface area contributed by atoms with Gasteiger partial charge in [0.1, 0.15) is 0 Å². The number of fused-ring (bicyclic) bond motifs is 5. The lowest BCUT2D eigenvalue weighted by molar-refractivity contribution is 0.368. The van der Waals surface area contributed by atoms with Crippen LogP contribution in [0.5, 0.6) is 0 Å². The molecule has 0 fully saturated rings. The maximum atomic E-state index is 2.54. The smallest absolute Gasteiger partial charge is 0.0650 e. The molecule has 0 radical (unpaired) electrons. The SMILES string of the molecule is CCCCCCCCCCC(CCCCCCCC)CCCCc1csc2c1sc1c3scc(CCCCC(CCCCCCCC)CCCCCCCCCC)c3sc21. The average Bonchev–Trinajstić information content (AvgIpc) is 4.02. The Kier molecular flexibility index (Phi) is 29.6. The maximum absolute atomic E-state index is 2.54.